The summed E-state index contributed by atoms with van der Waals surface area (Å²) >= 11 is 0. The summed E-state index contributed by atoms with van der Waals surface area (Å²) in [4.78, 5) is 30.1. The van der Waals surface area contributed by atoms with E-state index in [1.165, 1.54) is 6.92 Å². The highest BCUT2D eigenvalue weighted by Gasteiger charge is 2.44. The molecule has 3 atom stereocenters. The summed E-state index contributed by atoms with van der Waals surface area (Å²) in [7, 11) is -3.87. The Morgan fingerprint density at radius 3 is 2.65 bits per heavy atom. The molecule has 0 aliphatic carbocycles. The highest BCUT2D eigenvalue weighted by Crippen LogP contribution is 2.20. The molecule has 13 heteroatoms. The Morgan fingerprint density at radius 1 is 1.32 bits per heavy atom. The molecular formula is C18H36N6O6S. The summed E-state index contributed by atoms with van der Waals surface area (Å²) < 4.78 is 26.8. The van der Waals surface area contributed by atoms with Gasteiger partial charge in [-0.25, -0.2) is 13.2 Å². The molecule has 2 heterocycles. The lowest BCUT2D eigenvalue weighted by Gasteiger charge is -2.36. The van der Waals surface area contributed by atoms with Crippen LogP contribution in [0.3, 0.4) is 0 Å². The van der Waals surface area contributed by atoms with Gasteiger partial charge in [-0.3, -0.25) is 25.6 Å². The number of nitrogens with zero attached hydrogens (tertiary/aromatic N) is 1. The molecule has 0 bridgehead atoms. The van der Waals surface area contributed by atoms with Gasteiger partial charge in [-0.05, 0) is 39.2 Å². The molecule has 0 aromatic heterocycles. The molecule has 12 nitrogen and oxygen atoms in total. The average Bonchev–Trinajstić information content (AvgIpc) is 3.39. The van der Waals surface area contributed by atoms with Gasteiger partial charge >= 0.3 is 5.97 Å². The summed E-state index contributed by atoms with van der Waals surface area (Å²) in [5.41, 5.74) is 0.762. The number of sulfonamides is 1. The van der Waals surface area contributed by atoms with Gasteiger partial charge in [-0.15, -0.1) is 0 Å². The predicted octanol–water partition coefficient (Wildman–Crippen LogP) is -1.53. The van der Waals surface area contributed by atoms with Gasteiger partial charge in [0.15, 0.2) is 0 Å². The van der Waals surface area contributed by atoms with Crippen LogP contribution in [0.1, 0.15) is 46.0 Å². The Labute approximate surface area is 183 Å². The monoisotopic (exact) mass is 464 g/mol. The smallest absolute Gasteiger partial charge is 0.345 e. The van der Waals surface area contributed by atoms with Crippen molar-refractivity contribution in [1.29, 1.82) is 0 Å². The zero-order chi connectivity index (χ0) is 22.9. The van der Waals surface area contributed by atoms with Crippen molar-refractivity contribution >= 4 is 22.4 Å². The average molecular weight is 465 g/mol. The molecule has 180 valence electrons. The second-order valence-corrected chi connectivity index (χ2v) is 9.98. The normalized spacial score (nSPS) is 24.2. The Morgan fingerprint density at radius 2 is 2.03 bits per heavy atom. The predicted molar refractivity (Wildman–Crippen MR) is 114 cm³/mol. The summed E-state index contributed by atoms with van der Waals surface area (Å²) in [6.07, 6.45) is 3.74. The molecule has 2 aliphatic rings. The van der Waals surface area contributed by atoms with E-state index in [1.54, 1.807) is 0 Å². The largest absolute Gasteiger partial charge is 0.478 e. The minimum absolute atomic E-state index is 0.00668. The molecular weight excluding hydrogens is 428 g/mol. The topological polar surface area (TPSA) is 161 Å². The fourth-order valence-corrected chi connectivity index (χ4v) is 5.18. The van der Waals surface area contributed by atoms with Crippen molar-refractivity contribution in [3.8, 4) is 0 Å². The van der Waals surface area contributed by atoms with E-state index in [-0.39, 0.29) is 30.7 Å². The van der Waals surface area contributed by atoms with Crippen LogP contribution < -0.4 is 26.2 Å². The summed E-state index contributed by atoms with van der Waals surface area (Å²) in [6.45, 7) is 5.69. The molecule has 2 aliphatic heterocycles. The van der Waals surface area contributed by atoms with Crippen molar-refractivity contribution in [2.24, 2.45) is 0 Å². The maximum Gasteiger partial charge on any atom is 0.345 e. The van der Waals surface area contributed by atoms with Crippen LogP contribution in [0.25, 0.3) is 0 Å². The third-order valence-corrected chi connectivity index (χ3v) is 7.01. The van der Waals surface area contributed by atoms with E-state index in [9.17, 15) is 23.1 Å². The van der Waals surface area contributed by atoms with Crippen LogP contribution in [0.4, 0.5) is 0 Å². The van der Waals surface area contributed by atoms with E-state index in [0.717, 1.165) is 37.4 Å². The van der Waals surface area contributed by atoms with Gasteiger partial charge in [-0.1, -0.05) is 13.3 Å². The molecule has 2 fully saturated rings. The third-order valence-electron chi connectivity index (χ3n) is 5.48. The third kappa shape index (κ3) is 7.93. The van der Waals surface area contributed by atoms with Crippen LogP contribution in [0.15, 0.2) is 0 Å². The molecule has 0 saturated carbocycles. The molecule has 2 saturated heterocycles. The molecule has 2 rings (SSSR count). The lowest BCUT2D eigenvalue weighted by Crippen LogP contribution is -2.65. The van der Waals surface area contributed by atoms with Gasteiger partial charge in [0.25, 0.3) is 0 Å². The van der Waals surface area contributed by atoms with Crippen LogP contribution >= 0.6 is 0 Å². The Hall–Kier alpha value is -1.35. The minimum Gasteiger partial charge on any atom is -0.478 e. The molecule has 0 spiro atoms. The highest BCUT2D eigenvalue weighted by atomic mass is 32.2. The second-order valence-electron chi connectivity index (χ2n) is 8.14. The van der Waals surface area contributed by atoms with Crippen LogP contribution in [0, 0.1) is 0 Å². The van der Waals surface area contributed by atoms with E-state index in [0.29, 0.717) is 25.7 Å². The number of hydroxylamine groups is 1. The summed E-state index contributed by atoms with van der Waals surface area (Å²) in [5, 5.41) is 19.6. The summed E-state index contributed by atoms with van der Waals surface area (Å²) in [6, 6.07) is -0.305. The number of carboxylic acid groups (broad SMARTS) is 1. The Bertz CT molecular complexity index is 689. The first-order chi connectivity index (χ1) is 14.7. The number of aliphatic carboxylic acids is 1. The molecule has 0 radical (unpaired) electrons. The number of carboxylic acids is 1. The van der Waals surface area contributed by atoms with E-state index >= 15 is 0 Å². The lowest BCUT2D eigenvalue weighted by atomic mass is 10.1. The molecule has 3 unspecified atom stereocenters. The highest BCUT2D eigenvalue weighted by molar-refractivity contribution is 7.89. The number of carbonyl (C=O) groups is 2. The second kappa shape index (κ2) is 12.0. The number of amides is 1. The molecule has 0 aromatic carbocycles. The van der Waals surface area contributed by atoms with Crippen molar-refractivity contribution in [1.82, 2.24) is 31.1 Å². The fourth-order valence-electron chi connectivity index (χ4n) is 3.60. The SMILES string of the molecule is CCCCS(=O)(=O)NC(C)(C(=O)O)N(C=O)CC1CC(CCCNC2NCCN2)ON1. The van der Waals surface area contributed by atoms with E-state index in [2.05, 4.69) is 26.2 Å². The van der Waals surface area contributed by atoms with Crippen molar-refractivity contribution in [2.75, 3.05) is 31.9 Å². The van der Waals surface area contributed by atoms with Crippen molar-refractivity contribution < 1.29 is 28.0 Å². The number of hydrogen-bond acceptors (Lipinski definition) is 9. The van der Waals surface area contributed by atoms with Crippen LogP contribution in [-0.4, -0.2) is 86.8 Å². The first-order valence-corrected chi connectivity index (χ1v) is 12.4. The number of carbonyl (C=O) groups excluding carboxylic acids is 1. The van der Waals surface area contributed by atoms with Gasteiger partial charge in [-0.2, -0.15) is 10.2 Å². The lowest BCUT2D eigenvalue weighted by molar-refractivity contribution is -0.155. The zero-order valence-electron chi connectivity index (χ0n) is 18.2. The number of rotatable bonds is 15. The van der Waals surface area contributed by atoms with Crippen LogP contribution in [-0.2, 0) is 24.4 Å². The molecule has 1 amide bonds. The standard InChI is InChI=1S/C18H36N6O6S/c1-3-4-10-31(28,29)23-18(2,16(26)27)24(13-25)12-14-11-15(30-22-14)6-5-7-19-17-20-8-9-21-17/h13-15,17,19-23H,3-12H2,1-2H3,(H,26,27). The minimum atomic E-state index is -3.87. The van der Waals surface area contributed by atoms with Gasteiger partial charge in [0, 0.05) is 19.6 Å². The summed E-state index contributed by atoms with van der Waals surface area (Å²) in [5.74, 6) is -1.65. The van der Waals surface area contributed by atoms with E-state index in [1.807, 2.05) is 6.92 Å². The maximum atomic E-state index is 12.3. The van der Waals surface area contributed by atoms with Gasteiger partial charge in [0.05, 0.1) is 17.9 Å². The molecule has 31 heavy (non-hydrogen) atoms. The number of nitrogens with one attached hydrogen (secondary N) is 5. The first kappa shape index (κ1) is 25.9. The van der Waals surface area contributed by atoms with Crippen molar-refractivity contribution in [2.45, 2.75) is 70.0 Å². The Balaban J connectivity index is 1.85. The number of unbranched alkanes of at least 4 members (excludes halogenated alkanes) is 1. The van der Waals surface area contributed by atoms with Gasteiger partial charge < -0.3 is 10.0 Å². The zero-order valence-corrected chi connectivity index (χ0v) is 19.0. The van der Waals surface area contributed by atoms with Crippen molar-refractivity contribution in [3.05, 3.63) is 0 Å². The van der Waals surface area contributed by atoms with Crippen LogP contribution in [0.2, 0.25) is 0 Å². The van der Waals surface area contributed by atoms with Gasteiger partial charge in [0.2, 0.25) is 22.1 Å². The van der Waals surface area contributed by atoms with E-state index in [4.69, 9.17) is 4.84 Å². The molecule has 6 N–H and O–H groups in total. The maximum absolute atomic E-state index is 12.3. The Kier molecular flexibility index (Phi) is 10.1. The van der Waals surface area contributed by atoms with Gasteiger partial charge in [0.1, 0.15) is 6.29 Å². The van der Waals surface area contributed by atoms with Crippen molar-refractivity contribution in [3.63, 3.8) is 0 Å². The number of hydrogen-bond donors (Lipinski definition) is 6. The quantitative estimate of drug-likeness (QED) is 0.0953. The fraction of sp³-hybridized carbons (Fsp3) is 0.889. The first-order valence-electron chi connectivity index (χ1n) is 10.8. The van der Waals surface area contributed by atoms with Crippen LogP contribution in [0.5, 0.6) is 0 Å². The van der Waals surface area contributed by atoms with E-state index < -0.39 is 21.7 Å². The molecule has 0 aromatic rings.